The van der Waals surface area contributed by atoms with Crippen LogP contribution >= 0.6 is 0 Å². The van der Waals surface area contributed by atoms with Crippen molar-refractivity contribution in [2.75, 3.05) is 13.6 Å². The molecule has 0 bridgehead atoms. The Kier molecular flexibility index (Phi) is 4.97. The Morgan fingerprint density at radius 3 is 2.58 bits per heavy atom. The maximum absolute atomic E-state index is 10.5. The van der Waals surface area contributed by atoms with Crippen molar-refractivity contribution < 1.29 is 5.11 Å². The fraction of sp³-hybridized carbons (Fsp3) is 0.350. The number of aliphatic hydroxyl groups excluding tert-OH is 1. The van der Waals surface area contributed by atoms with Gasteiger partial charge < -0.3 is 9.67 Å². The van der Waals surface area contributed by atoms with Gasteiger partial charge in [0.05, 0.1) is 30.0 Å². The highest BCUT2D eigenvalue weighted by Gasteiger charge is 2.12. The largest absolute Gasteiger partial charge is 0.390 e. The van der Waals surface area contributed by atoms with Gasteiger partial charge in [0.2, 0.25) is 0 Å². The third kappa shape index (κ3) is 3.83. The number of aromatic nitrogens is 2. The summed E-state index contributed by atoms with van der Waals surface area (Å²) in [5, 5.41) is 10.5. The number of hydrogen-bond donors (Lipinski definition) is 1. The number of nitrogens with zero attached hydrogens (tertiary/aromatic N) is 3. The number of imidazole rings is 1. The number of aliphatic hydroxyl groups is 1. The molecule has 0 aliphatic carbocycles. The molecule has 24 heavy (non-hydrogen) atoms. The lowest BCUT2D eigenvalue weighted by Crippen LogP contribution is -2.31. The zero-order valence-corrected chi connectivity index (χ0v) is 14.6. The fourth-order valence-corrected chi connectivity index (χ4v) is 3.06. The van der Waals surface area contributed by atoms with E-state index in [0.29, 0.717) is 13.1 Å². The zero-order valence-electron chi connectivity index (χ0n) is 14.6. The Morgan fingerprint density at radius 2 is 1.83 bits per heavy atom. The summed E-state index contributed by atoms with van der Waals surface area (Å²) in [4.78, 5) is 6.61. The van der Waals surface area contributed by atoms with E-state index >= 15 is 0 Å². The summed E-state index contributed by atoms with van der Waals surface area (Å²) in [5.74, 6) is 0. The molecule has 0 aliphatic rings. The normalized spacial score (nSPS) is 12.9. The maximum Gasteiger partial charge on any atom is 0.0959 e. The van der Waals surface area contributed by atoms with Gasteiger partial charge in [-0.15, -0.1) is 0 Å². The van der Waals surface area contributed by atoms with Crippen molar-refractivity contribution in [3.63, 3.8) is 0 Å². The first-order valence-electron chi connectivity index (χ1n) is 8.35. The van der Waals surface area contributed by atoms with Crippen molar-refractivity contribution >= 4 is 11.0 Å². The second kappa shape index (κ2) is 7.16. The molecule has 0 saturated heterocycles. The van der Waals surface area contributed by atoms with Crippen LogP contribution in [0.4, 0.5) is 0 Å². The molecule has 4 nitrogen and oxygen atoms in total. The van der Waals surface area contributed by atoms with Gasteiger partial charge in [-0.1, -0.05) is 30.3 Å². The van der Waals surface area contributed by atoms with Crippen LogP contribution in [0.1, 0.15) is 16.7 Å². The number of likely N-dealkylation sites (N-methyl/N-ethyl adjacent to an activating group) is 1. The lowest BCUT2D eigenvalue weighted by molar-refractivity contribution is 0.108. The minimum Gasteiger partial charge on any atom is -0.390 e. The molecule has 0 radical (unpaired) electrons. The highest BCUT2D eigenvalue weighted by molar-refractivity contribution is 5.77. The second-order valence-corrected chi connectivity index (χ2v) is 6.66. The first-order chi connectivity index (χ1) is 11.5. The van der Waals surface area contributed by atoms with E-state index in [1.165, 1.54) is 16.7 Å². The molecule has 126 valence electrons. The van der Waals surface area contributed by atoms with Gasteiger partial charge in [-0.3, -0.25) is 4.90 Å². The van der Waals surface area contributed by atoms with Crippen LogP contribution in [0, 0.1) is 13.8 Å². The van der Waals surface area contributed by atoms with Gasteiger partial charge in [0.15, 0.2) is 0 Å². The minimum absolute atomic E-state index is 0.433. The molecule has 3 aromatic rings. The summed E-state index contributed by atoms with van der Waals surface area (Å²) in [6.45, 7) is 6.22. The number of fused-ring (bicyclic) bond motifs is 1. The summed E-state index contributed by atoms with van der Waals surface area (Å²) in [6.07, 6.45) is 1.39. The number of hydrogen-bond acceptors (Lipinski definition) is 3. The molecule has 1 aromatic heterocycles. The molecule has 0 saturated carbocycles. The van der Waals surface area contributed by atoms with E-state index < -0.39 is 6.10 Å². The average Bonchev–Trinajstić information content (AvgIpc) is 2.90. The van der Waals surface area contributed by atoms with E-state index in [1.807, 2.05) is 36.1 Å². The predicted octanol–water partition coefficient (Wildman–Crippen LogP) is 3.15. The van der Waals surface area contributed by atoms with E-state index in [4.69, 9.17) is 0 Å². The van der Waals surface area contributed by atoms with Gasteiger partial charge in [0.25, 0.3) is 0 Å². The van der Waals surface area contributed by atoms with Crippen molar-refractivity contribution in [2.24, 2.45) is 0 Å². The van der Waals surface area contributed by atoms with Gasteiger partial charge in [-0.25, -0.2) is 4.98 Å². The topological polar surface area (TPSA) is 41.3 Å². The Morgan fingerprint density at radius 1 is 1.12 bits per heavy atom. The lowest BCUT2D eigenvalue weighted by atomic mass is 10.1. The smallest absolute Gasteiger partial charge is 0.0959 e. The monoisotopic (exact) mass is 323 g/mol. The van der Waals surface area contributed by atoms with Crippen LogP contribution in [-0.2, 0) is 13.1 Å². The molecule has 0 unspecified atom stereocenters. The van der Waals surface area contributed by atoms with E-state index in [0.717, 1.165) is 17.6 Å². The summed E-state index contributed by atoms with van der Waals surface area (Å²) >= 11 is 0. The van der Waals surface area contributed by atoms with Crippen molar-refractivity contribution in [1.29, 1.82) is 0 Å². The first-order valence-corrected chi connectivity index (χ1v) is 8.35. The van der Waals surface area contributed by atoms with E-state index in [2.05, 4.69) is 48.0 Å². The van der Waals surface area contributed by atoms with E-state index in [-0.39, 0.29) is 0 Å². The molecule has 1 atom stereocenters. The van der Waals surface area contributed by atoms with Crippen molar-refractivity contribution in [2.45, 2.75) is 33.0 Å². The van der Waals surface area contributed by atoms with Crippen molar-refractivity contribution in [3.8, 4) is 0 Å². The molecule has 1 heterocycles. The predicted molar refractivity (Wildman–Crippen MR) is 98.0 cm³/mol. The molecule has 2 aromatic carbocycles. The average molecular weight is 323 g/mol. The molecule has 4 heteroatoms. The Bertz CT molecular complexity index is 810. The molecule has 0 fully saturated rings. The summed E-state index contributed by atoms with van der Waals surface area (Å²) in [6, 6.07) is 14.6. The van der Waals surface area contributed by atoms with Gasteiger partial charge in [0, 0.05) is 13.1 Å². The molecule has 3 rings (SSSR count). The molecule has 1 N–H and O–H groups in total. The van der Waals surface area contributed by atoms with Crippen LogP contribution in [0.3, 0.4) is 0 Å². The summed E-state index contributed by atoms with van der Waals surface area (Å²) in [7, 11) is 2.04. The van der Waals surface area contributed by atoms with Gasteiger partial charge >= 0.3 is 0 Å². The third-order valence-corrected chi connectivity index (χ3v) is 4.46. The van der Waals surface area contributed by atoms with Crippen LogP contribution in [0.5, 0.6) is 0 Å². The van der Waals surface area contributed by atoms with E-state index in [1.54, 1.807) is 0 Å². The Balaban J connectivity index is 1.64. The first kappa shape index (κ1) is 16.7. The zero-order chi connectivity index (χ0) is 17.1. The quantitative estimate of drug-likeness (QED) is 0.758. The fourth-order valence-electron chi connectivity index (χ4n) is 3.06. The maximum atomic E-state index is 10.5. The summed E-state index contributed by atoms with van der Waals surface area (Å²) in [5.41, 5.74) is 5.83. The standard InChI is InChI=1S/C20H25N3O/c1-15-9-19-20(10-16(15)2)23(14-21-19)13-18(24)12-22(3)11-17-7-5-4-6-8-17/h4-10,14,18,24H,11-13H2,1-3H3/t18-/m1/s1. The second-order valence-electron chi connectivity index (χ2n) is 6.66. The van der Waals surface area contributed by atoms with Gasteiger partial charge in [0.1, 0.15) is 0 Å². The molecule has 0 aliphatic heterocycles. The Hall–Kier alpha value is -2.17. The molecule has 0 spiro atoms. The van der Waals surface area contributed by atoms with Gasteiger partial charge in [-0.05, 0) is 49.7 Å². The minimum atomic E-state index is -0.433. The van der Waals surface area contributed by atoms with Crippen LogP contribution in [-0.4, -0.2) is 39.3 Å². The SMILES string of the molecule is Cc1cc2ncn(C[C@H](O)CN(C)Cc3ccccc3)c2cc1C. The van der Waals surface area contributed by atoms with Crippen LogP contribution in [0.25, 0.3) is 11.0 Å². The van der Waals surface area contributed by atoms with Crippen LogP contribution in [0.15, 0.2) is 48.8 Å². The van der Waals surface area contributed by atoms with Gasteiger partial charge in [-0.2, -0.15) is 0 Å². The molecular weight excluding hydrogens is 298 g/mol. The molecule has 0 amide bonds. The highest BCUT2D eigenvalue weighted by atomic mass is 16.3. The van der Waals surface area contributed by atoms with Crippen molar-refractivity contribution in [3.05, 3.63) is 65.5 Å². The lowest BCUT2D eigenvalue weighted by Gasteiger charge is -2.21. The molecular formula is C20H25N3O. The van der Waals surface area contributed by atoms with Crippen LogP contribution in [0.2, 0.25) is 0 Å². The number of rotatable bonds is 6. The summed E-state index contributed by atoms with van der Waals surface area (Å²) < 4.78 is 2.04. The number of benzene rings is 2. The van der Waals surface area contributed by atoms with E-state index in [9.17, 15) is 5.11 Å². The highest BCUT2D eigenvalue weighted by Crippen LogP contribution is 2.18. The number of aryl methyl sites for hydroxylation is 2. The Labute approximate surface area is 143 Å². The van der Waals surface area contributed by atoms with Crippen molar-refractivity contribution in [1.82, 2.24) is 14.5 Å². The third-order valence-electron chi connectivity index (χ3n) is 4.46. The van der Waals surface area contributed by atoms with Crippen LogP contribution < -0.4 is 0 Å².